The average molecular weight is 501 g/mol. The molecule has 1 aliphatic heterocycles. The summed E-state index contributed by atoms with van der Waals surface area (Å²) in [5.74, 6) is -0.603. The highest BCUT2D eigenvalue weighted by atomic mass is 19.1. The number of halogens is 2. The number of methoxy groups -OCH3 is 1. The van der Waals surface area contributed by atoms with Gasteiger partial charge in [-0.2, -0.15) is 0 Å². The maximum absolute atomic E-state index is 13.4. The molecule has 2 atom stereocenters. The lowest BCUT2D eigenvalue weighted by Crippen LogP contribution is -2.45. The third-order valence-corrected chi connectivity index (χ3v) is 7.37. The van der Waals surface area contributed by atoms with Crippen LogP contribution in [0.4, 0.5) is 8.78 Å². The van der Waals surface area contributed by atoms with Crippen LogP contribution in [0.1, 0.15) is 49.3 Å². The van der Waals surface area contributed by atoms with E-state index in [-0.39, 0.29) is 12.4 Å². The number of ether oxygens (including phenoxy) is 2. The minimum Gasteiger partial charge on any atom is -0.497 e. The Hall–Kier alpha value is -2.81. The number of aliphatic hydroxyl groups is 2. The zero-order valence-electron chi connectivity index (χ0n) is 20.8. The van der Waals surface area contributed by atoms with Gasteiger partial charge in [0.25, 0.3) is 0 Å². The number of hydrogen-bond acceptors (Lipinski definition) is 6. The second-order valence-electron chi connectivity index (χ2n) is 9.66. The molecule has 194 valence electrons. The van der Waals surface area contributed by atoms with Crippen LogP contribution in [0.3, 0.4) is 0 Å². The predicted molar refractivity (Wildman–Crippen MR) is 134 cm³/mol. The van der Waals surface area contributed by atoms with E-state index in [1.165, 1.54) is 0 Å². The molecular formula is C28H34F2N2O4. The normalized spacial score (nSPS) is 17.1. The van der Waals surface area contributed by atoms with Crippen LogP contribution >= 0.6 is 0 Å². The van der Waals surface area contributed by atoms with Gasteiger partial charge in [0.15, 0.2) is 0 Å². The van der Waals surface area contributed by atoms with Crippen molar-refractivity contribution in [2.24, 2.45) is 5.41 Å². The van der Waals surface area contributed by atoms with E-state index < -0.39 is 29.3 Å². The Bertz CT molecular complexity index is 1160. The number of nitrogens with zero attached hydrogens (tertiary/aromatic N) is 1. The number of fused-ring (bicyclic) bond motifs is 1. The van der Waals surface area contributed by atoms with E-state index in [1.54, 1.807) is 13.3 Å². The van der Waals surface area contributed by atoms with Gasteiger partial charge in [0, 0.05) is 36.2 Å². The molecule has 4 rings (SSSR count). The van der Waals surface area contributed by atoms with Crippen molar-refractivity contribution in [1.82, 2.24) is 10.3 Å². The molecule has 1 fully saturated rings. The van der Waals surface area contributed by atoms with Crippen molar-refractivity contribution in [2.75, 3.05) is 26.8 Å². The van der Waals surface area contributed by atoms with Crippen LogP contribution in [0.2, 0.25) is 0 Å². The monoisotopic (exact) mass is 500 g/mol. The van der Waals surface area contributed by atoms with Gasteiger partial charge in [-0.25, -0.2) is 8.78 Å². The summed E-state index contributed by atoms with van der Waals surface area (Å²) in [7, 11) is 1.61. The summed E-state index contributed by atoms with van der Waals surface area (Å²) in [6.07, 6.45) is 3.31. The first kappa shape index (κ1) is 26.3. The van der Waals surface area contributed by atoms with Gasteiger partial charge in [0.1, 0.15) is 23.1 Å². The van der Waals surface area contributed by atoms with Gasteiger partial charge in [-0.1, -0.05) is 0 Å². The van der Waals surface area contributed by atoms with Crippen molar-refractivity contribution in [2.45, 2.75) is 51.2 Å². The highest BCUT2D eigenvalue weighted by molar-refractivity contribution is 5.84. The van der Waals surface area contributed by atoms with E-state index in [1.807, 2.05) is 25.1 Å². The van der Waals surface area contributed by atoms with Crippen LogP contribution in [-0.2, 0) is 0 Å². The van der Waals surface area contributed by atoms with E-state index in [0.717, 1.165) is 66.2 Å². The minimum atomic E-state index is -0.729. The molecule has 6 nitrogen and oxygen atoms in total. The molecule has 2 heterocycles. The van der Waals surface area contributed by atoms with Crippen LogP contribution in [0.15, 0.2) is 42.6 Å². The van der Waals surface area contributed by atoms with Crippen molar-refractivity contribution in [1.29, 1.82) is 0 Å². The van der Waals surface area contributed by atoms with E-state index in [0.29, 0.717) is 25.0 Å². The molecule has 0 amide bonds. The van der Waals surface area contributed by atoms with Crippen LogP contribution in [0.25, 0.3) is 10.9 Å². The Labute approximate surface area is 210 Å². The van der Waals surface area contributed by atoms with Crippen molar-refractivity contribution < 1.29 is 28.5 Å². The first-order valence-corrected chi connectivity index (χ1v) is 12.4. The third kappa shape index (κ3) is 5.94. The molecular weight excluding hydrogens is 466 g/mol. The van der Waals surface area contributed by atoms with Crippen molar-refractivity contribution in [3.63, 3.8) is 0 Å². The SMILES string of the molecule is COc1ccc2ncc(C)c([C@H](O)CCC3([C@@H](O)CCOc4cc(F)cc(F)c4)CCNCC3)c2c1. The zero-order chi connectivity index (χ0) is 25.7. The van der Waals surface area contributed by atoms with E-state index in [4.69, 9.17) is 9.47 Å². The molecule has 1 aromatic heterocycles. The molecule has 1 saturated heterocycles. The summed E-state index contributed by atoms with van der Waals surface area (Å²) >= 11 is 0. The lowest BCUT2D eigenvalue weighted by atomic mass is 9.69. The number of nitrogens with one attached hydrogen (secondary N) is 1. The first-order valence-electron chi connectivity index (χ1n) is 12.4. The summed E-state index contributed by atoms with van der Waals surface area (Å²) in [6, 6.07) is 8.68. The number of aliphatic hydroxyl groups excluding tert-OH is 2. The number of piperidine rings is 1. The fourth-order valence-electron chi connectivity index (χ4n) is 5.31. The van der Waals surface area contributed by atoms with Crippen LogP contribution < -0.4 is 14.8 Å². The highest BCUT2D eigenvalue weighted by Crippen LogP contribution is 2.42. The molecule has 0 bridgehead atoms. The molecule has 3 aromatic rings. The Morgan fingerprint density at radius 1 is 1.03 bits per heavy atom. The van der Waals surface area contributed by atoms with Crippen molar-refractivity contribution in [3.8, 4) is 11.5 Å². The van der Waals surface area contributed by atoms with Crippen LogP contribution in [0.5, 0.6) is 11.5 Å². The summed E-state index contributed by atoms with van der Waals surface area (Å²) in [5.41, 5.74) is 2.13. The summed E-state index contributed by atoms with van der Waals surface area (Å²) in [4.78, 5) is 4.48. The number of pyridine rings is 1. The highest BCUT2D eigenvalue weighted by Gasteiger charge is 2.39. The Kier molecular flexibility index (Phi) is 8.39. The van der Waals surface area contributed by atoms with E-state index in [9.17, 15) is 19.0 Å². The molecule has 2 aromatic carbocycles. The second-order valence-corrected chi connectivity index (χ2v) is 9.66. The second kappa shape index (κ2) is 11.5. The maximum atomic E-state index is 13.4. The lowest BCUT2D eigenvalue weighted by molar-refractivity contribution is -0.0260. The molecule has 36 heavy (non-hydrogen) atoms. The van der Waals surface area contributed by atoms with Gasteiger partial charge < -0.3 is 25.0 Å². The van der Waals surface area contributed by atoms with Crippen molar-refractivity contribution in [3.05, 3.63) is 65.4 Å². The van der Waals surface area contributed by atoms with Gasteiger partial charge in [-0.3, -0.25) is 4.98 Å². The largest absolute Gasteiger partial charge is 0.497 e. The topological polar surface area (TPSA) is 83.8 Å². The fourth-order valence-corrected chi connectivity index (χ4v) is 5.31. The van der Waals surface area contributed by atoms with Gasteiger partial charge in [-0.05, 0) is 80.4 Å². The van der Waals surface area contributed by atoms with Gasteiger partial charge in [0.05, 0.1) is 31.4 Å². The number of hydrogen-bond donors (Lipinski definition) is 3. The molecule has 0 saturated carbocycles. The maximum Gasteiger partial charge on any atom is 0.129 e. The summed E-state index contributed by atoms with van der Waals surface area (Å²) < 4.78 is 37.8. The minimum absolute atomic E-state index is 0.102. The number of aromatic nitrogens is 1. The predicted octanol–water partition coefficient (Wildman–Crippen LogP) is 4.84. The smallest absolute Gasteiger partial charge is 0.129 e. The number of rotatable bonds is 10. The number of benzene rings is 2. The van der Waals surface area contributed by atoms with Gasteiger partial charge in [-0.15, -0.1) is 0 Å². The third-order valence-electron chi connectivity index (χ3n) is 7.37. The fraction of sp³-hybridized carbons (Fsp3) is 0.464. The quantitative estimate of drug-likeness (QED) is 0.369. The molecule has 3 N–H and O–H groups in total. The summed E-state index contributed by atoms with van der Waals surface area (Å²) in [6.45, 7) is 3.62. The number of aryl methyl sites for hydroxylation is 1. The first-order chi connectivity index (χ1) is 17.3. The lowest BCUT2D eigenvalue weighted by Gasteiger charge is -2.42. The Morgan fingerprint density at radius 3 is 2.44 bits per heavy atom. The van der Waals surface area contributed by atoms with E-state index in [2.05, 4.69) is 10.3 Å². The van der Waals surface area contributed by atoms with Gasteiger partial charge in [0.2, 0.25) is 0 Å². The molecule has 0 aliphatic carbocycles. The van der Waals surface area contributed by atoms with Gasteiger partial charge >= 0.3 is 0 Å². The summed E-state index contributed by atoms with van der Waals surface area (Å²) in [5, 5.41) is 26.7. The Balaban J connectivity index is 1.46. The van der Waals surface area contributed by atoms with E-state index >= 15 is 0 Å². The average Bonchev–Trinajstić information content (AvgIpc) is 2.86. The molecule has 1 aliphatic rings. The molecule has 8 heteroatoms. The molecule has 0 radical (unpaired) electrons. The Morgan fingerprint density at radius 2 is 1.75 bits per heavy atom. The van der Waals surface area contributed by atoms with Crippen LogP contribution in [-0.4, -0.2) is 48.1 Å². The van der Waals surface area contributed by atoms with Crippen molar-refractivity contribution >= 4 is 10.9 Å². The zero-order valence-corrected chi connectivity index (χ0v) is 20.8. The molecule has 0 unspecified atom stereocenters. The molecule has 0 spiro atoms. The van der Waals surface area contributed by atoms with Crippen LogP contribution in [0, 0.1) is 24.0 Å². The standard InChI is InChI=1S/C28H34F2N2O4/c1-18-17-32-24-4-3-21(35-2)16-23(24)27(18)25(33)5-7-28(8-10-31-11-9-28)26(34)6-12-36-22-14-19(29)13-20(30)15-22/h3-4,13-17,25-26,31,33-34H,5-12H2,1-2H3/t25-,26+/m1/s1.